The van der Waals surface area contributed by atoms with Crippen molar-refractivity contribution >= 4 is 37.5 Å². The second-order valence-corrected chi connectivity index (χ2v) is 6.04. The first-order valence-electron chi connectivity index (χ1n) is 5.95. The Kier molecular flexibility index (Phi) is 4.88. The van der Waals surface area contributed by atoms with Gasteiger partial charge in [0, 0.05) is 22.3 Å². The minimum absolute atomic E-state index is 0.225. The number of ether oxygens (including phenoxy) is 1. The molecule has 0 spiro atoms. The van der Waals surface area contributed by atoms with E-state index in [1.807, 2.05) is 30.3 Å². The summed E-state index contributed by atoms with van der Waals surface area (Å²) >= 11 is 6.95. The lowest BCUT2D eigenvalue weighted by molar-refractivity contribution is 0.412. The Balaban J connectivity index is 2.17. The van der Waals surface area contributed by atoms with Crippen molar-refractivity contribution in [2.75, 3.05) is 12.4 Å². The first-order chi connectivity index (χ1) is 9.10. The zero-order chi connectivity index (χ0) is 13.8. The SMILES string of the molecule is COc1cc(NC(C)c2cccc(Br)c2)ccc1Br. The van der Waals surface area contributed by atoms with Gasteiger partial charge in [-0.2, -0.15) is 0 Å². The van der Waals surface area contributed by atoms with Crippen LogP contribution in [0.3, 0.4) is 0 Å². The van der Waals surface area contributed by atoms with Gasteiger partial charge in [0.05, 0.1) is 11.6 Å². The highest BCUT2D eigenvalue weighted by Crippen LogP contribution is 2.30. The highest BCUT2D eigenvalue weighted by atomic mass is 79.9. The highest BCUT2D eigenvalue weighted by Gasteiger charge is 2.07. The third-order valence-corrected chi connectivity index (χ3v) is 4.03. The summed E-state index contributed by atoms with van der Waals surface area (Å²) in [7, 11) is 1.67. The third kappa shape index (κ3) is 3.74. The lowest BCUT2D eigenvalue weighted by Gasteiger charge is -2.17. The van der Waals surface area contributed by atoms with Crippen molar-refractivity contribution in [2.24, 2.45) is 0 Å². The summed E-state index contributed by atoms with van der Waals surface area (Å²) in [5, 5.41) is 3.47. The molecule has 2 rings (SSSR count). The van der Waals surface area contributed by atoms with Gasteiger partial charge >= 0.3 is 0 Å². The lowest BCUT2D eigenvalue weighted by atomic mass is 10.1. The molecule has 2 aromatic rings. The quantitative estimate of drug-likeness (QED) is 0.762. The largest absolute Gasteiger partial charge is 0.495 e. The van der Waals surface area contributed by atoms with Crippen molar-refractivity contribution in [1.82, 2.24) is 0 Å². The van der Waals surface area contributed by atoms with Gasteiger partial charge < -0.3 is 10.1 Å². The third-order valence-electron chi connectivity index (χ3n) is 2.88. The van der Waals surface area contributed by atoms with Crippen LogP contribution in [0.4, 0.5) is 5.69 Å². The van der Waals surface area contributed by atoms with E-state index in [0.29, 0.717) is 0 Å². The van der Waals surface area contributed by atoms with Crippen LogP contribution in [0.1, 0.15) is 18.5 Å². The van der Waals surface area contributed by atoms with Gasteiger partial charge in [-0.25, -0.2) is 0 Å². The molecule has 0 saturated carbocycles. The van der Waals surface area contributed by atoms with E-state index in [0.717, 1.165) is 20.4 Å². The summed E-state index contributed by atoms with van der Waals surface area (Å²) in [4.78, 5) is 0. The molecule has 19 heavy (non-hydrogen) atoms. The zero-order valence-electron chi connectivity index (χ0n) is 10.8. The van der Waals surface area contributed by atoms with Gasteiger partial charge in [-0.15, -0.1) is 0 Å². The number of anilines is 1. The first kappa shape index (κ1) is 14.4. The minimum Gasteiger partial charge on any atom is -0.495 e. The summed E-state index contributed by atoms with van der Waals surface area (Å²) in [6.45, 7) is 2.14. The van der Waals surface area contributed by atoms with Crippen molar-refractivity contribution in [1.29, 1.82) is 0 Å². The van der Waals surface area contributed by atoms with Gasteiger partial charge in [0.15, 0.2) is 0 Å². The fourth-order valence-electron chi connectivity index (χ4n) is 1.86. The molecule has 0 bridgehead atoms. The predicted octanol–water partition coefficient (Wildman–Crippen LogP) is 5.39. The number of hydrogen-bond donors (Lipinski definition) is 1. The Morgan fingerprint density at radius 1 is 1.11 bits per heavy atom. The van der Waals surface area contributed by atoms with E-state index in [9.17, 15) is 0 Å². The average molecular weight is 385 g/mol. The van der Waals surface area contributed by atoms with Crippen molar-refractivity contribution in [3.05, 3.63) is 57.0 Å². The number of halogens is 2. The number of rotatable bonds is 4. The molecule has 100 valence electrons. The number of nitrogens with one attached hydrogen (secondary N) is 1. The molecule has 0 aromatic heterocycles. The molecule has 0 fully saturated rings. The normalized spacial score (nSPS) is 12.0. The first-order valence-corrected chi connectivity index (χ1v) is 7.54. The molecule has 0 aliphatic carbocycles. The number of hydrogen-bond acceptors (Lipinski definition) is 2. The van der Waals surface area contributed by atoms with Crippen LogP contribution in [0.25, 0.3) is 0 Å². The van der Waals surface area contributed by atoms with Crippen LogP contribution in [0.15, 0.2) is 51.4 Å². The molecule has 0 radical (unpaired) electrons. The Hall–Kier alpha value is -1.000. The molecule has 1 N–H and O–H groups in total. The van der Waals surface area contributed by atoms with Crippen molar-refractivity contribution in [3.8, 4) is 5.75 Å². The molecule has 0 aliphatic rings. The van der Waals surface area contributed by atoms with E-state index in [1.165, 1.54) is 5.56 Å². The maximum Gasteiger partial charge on any atom is 0.135 e. The summed E-state index contributed by atoms with van der Waals surface area (Å²) in [6, 6.07) is 14.5. The molecule has 1 unspecified atom stereocenters. The molecule has 0 aliphatic heterocycles. The van der Waals surface area contributed by atoms with E-state index < -0.39 is 0 Å². The van der Waals surface area contributed by atoms with E-state index in [4.69, 9.17) is 4.74 Å². The molecule has 0 amide bonds. The average Bonchev–Trinajstić information content (AvgIpc) is 2.41. The standard InChI is InChI=1S/C15H15Br2NO/c1-10(11-4-3-5-12(16)8-11)18-13-6-7-14(17)15(9-13)19-2/h3-10,18H,1-2H3. The molecule has 0 saturated heterocycles. The molecule has 1 atom stereocenters. The maximum atomic E-state index is 5.30. The maximum absolute atomic E-state index is 5.30. The van der Waals surface area contributed by atoms with Crippen molar-refractivity contribution in [3.63, 3.8) is 0 Å². The molecule has 2 nitrogen and oxygen atoms in total. The van der Waals surface area contributed by atoms with Gasteiger partial charge in [0.25, 0.3) is 0 Å². The fourth-order valence-corrected chi connectivity index (χ4v) is 2.68. The fraction of sp³-hybridized carbons (Fsp3) is 0.200. The summed E-state index contributed by atoms with van der Waals surface area (Å²) < 4.78 is 7.34. The molecular weight excluding hydrogens is 370 g/mol. The van der Waals surface area contributed by atoms with Crippen LogP contribution < -0.4 is 10.1 Å². The smallest absolute Gasteiger partial charge is 0.135 e. The molecule has 4 heteroatoms. The van der Waals surface area contributed by atoms with Gasteiger partial charge in [0.2, 0.25) is 0 Å². The second-order valence-electron chi connectivity index (χ2n) is 4.27. The molecule has 0 heterocycles. The topological polar surface area (TPSA) is 21.3 Å². The van der Waals surface area contributed by atoms with Crippen LogP contribution in [-0.2, 0) is 0 Å². The summed E-state index contributed by atoms with van der Waals surface area (Å²) in [6.07, 6.45) is 0. The lowest BCUT2D eigenvalue weighted by Crippen LogP contribution is -2.06. The van der Waals surface area contributed by atoms with Gasteiger partial charge in [0.1, 0.15) is 5.75 Å². The number of benzene rings is 2. The molecule has 2 aromatic carbocycles. The Morgan fingerprint density at radius 3 is 2.58 bits per heavy atom. The van der Waals surface area contributed by atoms with Crippen LogP contribution in [0, 0.1) is 0 Å². The van der Waals surface area contributed by atoms with E-state index in [-0.39, 0.29) is 6.04 Å². The van der Waals surface area contributed by atoms with Crippen molar-refractivity contribution in [2.45, 2.75) is 13.0 Å². The molecular formula is C15H15Br2NO. The van der Waals surface area contributed by atoms with E-state index >= 15 is 0 Å². The van der Waals surface area contributed by atoms with Crippen molar-refractivity contribution < 1.29 is 4.74 Å². The second kappa shape index (κ2) is 6.44. The monoisotopic (exact) mass is 383 g/mol. The Bertz CT molecular complexity index is 572. The zero-order valence-corrected chi connectivity index (χ0v) is 14.0. The van der Waals surface area contributed by atoms with Gasteiger partial charge in [-0.05, 0) is 52.7 Å². The highest BCUT2D eigenvalue weighted by molar-refractivity contribution is 9.10. The van der Waals surface area contributed by atoms with Crippen LogP contribution in [0.5, 0.6) is 5.75 Å². The predicted molar refractivity (Wildman–Crippen MR) is 86.9 cm³/mol. The van der Waals surface area contributed by atoms with Crippen LogP contribution in [-0.4, -0.2) is 7.11 Å². The van der Waals surface area contributed by atoms with Gasteiger partial charge in [-0.3, -0.25) is 0 Å². The summed E-state index contributed by atoms with van der Waals surface area (Å²) in [5.41, 5.74) is 2.27. The number of methoxy groups -OCH3 is 1. The van der Waals surface area contributed by atoms with Crippen LogP contribution >= 0.6 is 31.9 Å². The van der Waals surface area contributed by atoms with E-state index in [1.54, 1.807) is 7.11 Å². The Labute approximate surface area is 130 Å². The minimum atomic E-state index is 0.225. The van der Waals surface area contributed by atoms with E-state index in [2.05, 4.69) is 56.2 Å². The summed E-state index contributed by atoms with van der Waals surface area (Å²) in [5.74, 6) is 0.825. The van der Waals surface area contributed by atoms with Crippen LogP contribution in [0.2, 0.25) is 0 Å². The Morgan fingerprint density at radius 2 is 1.89 bits per heavy atom. The van der Waals surface area contributed by atoms with Gasteiger partial charge in [-0.1, -0.05) is 28.1 Å².